The van der Waals surface area contributed by atoms with Crippen molar-refractivity contribution >= 4 is 11.6 Å². The average molecular weight is 392 g/mol. The highest BCUT2D eigenvalue weighted by Crippen LogP contribution is 2.36. The molecule has 5 rings (SSSR count). The highest BCUT2D eigenvalue weighted by molar-refractivity contribution is 5.94. The molecule has 150 valence electrons. The Morgan fingerprint density at radius 3 is 3.03 bits per heavy atom. The summed E-state index contributed by atoms with van der Waals surface area (Å²) >= 11 is 0. The monoisotopic (exact) mass is 392 g/mol. The van der Waals surface area contributed by atoms with Crippen LogP contribution in [0.5, 0.6) is 0 Å². The van der Waals surface area contributed by atoms with Crippen molar-refractivity contribution in [1.29, 1.82) is 0 Å². The molecule has 0 saturated carbocycles. The molecule has 0 radical (unpaired) electrons. The van der Waals surface area contributed by atoms with Gasteiger partial charge in [-0.2, -0.15) is 0 Å². The summed E-state index contributed by atoms with van der Waals surface area (Å²) in [7, 11) is 0. The standard InChI is InChI=1S/C22H24N4O3/c1-16-5-4-6-17(24-16)13-28-18-8-10-29-22(11-18)14-25(15-22)21(27)19-12-23-20-7-2-3-9-26(19)20/h2-7,9,12,18H,8,10-11,13-15H2,1H3/t18-/m0/s1. The lowest BCUT2D eigenvalue weighted by atomic mass is 9.84. The molecule has 7 nitrogen and oxygen atoms in total. The van der Waals surface area contributed by atoms with Gasteiger partial charge in [-0.15, -0.1) is 0 Å². The Morgan fingerprint density at radius 2 is 2.17 bits per heavy atom. The van der Waals surface area contributed by atoms with Crippen molar-refractivity contribution in [2.24, 2.45) is 0 Å². The molecule has 0 aromatic carbocycles. The summed E-state index contributed by atoms with van der Waals surface area (Å²) in [5, 5.41) is 0. The molecule has 1 spiro atoms. The van der Waals surface area contributed by atoms with Gasteiger partial charge in [0, 0.05) is 24.9 Å². The number of likely N-dealkylation sites (tertiary alicyclic amines) is 1. The summed E-state index contributed by atoms with van der Waals surface area (Å²) in [5.74, 6) is -0.00933. The molecule has 2 aliphatic heterocycles. The lowest BCUT2D eigenvalue weighted by Crippen LogP contribution is -2.67. The summed E-state index contributed by atoms with van der Waals surface area (Å²) in [6.07, 6.45) is 5.31. The predicted molar refractivity (Wildman–Crippen MR) is 107 cm³/mol. The highest BCUT2D eigenvalue weighted by Gasteiger charge is 2.50. The van der Waals surface area contributed by atoms with E-state index >= 15 is 0 Å². The van der Waals surface area contributed by atoms with Crippen molar-refractivity contribution in [2.45, 2.75) is 38.1 Å². The van der Waals surface area contributed by atoms with E-state index in [1.807, 2.05) is 58.8 Å². The molecule has 2 aliphatic rings. The fourth-order valence-electron chi connectivity index (χ4n) is 4.27. The number of hydrogen-bond donors (Lipinski definition) is 0. The first kappa shape index (κ1) is 18.3. The SMILES string of the molecule is Cc1cccc(CO[C@H]2CCOC3(C2)CN(C(=O)c2cnc4ccccn24)C3)n1. The Kier molecular flexibility index (Phi) is 4.56. The van der Waals surface area contributed by atoms with Gasteiger partial charge in [0.05, 0.1) is 37.7 Å². The van der Waals surface area contributed by atoms with Crippen LogP contribution in [-0.4, -0.2) is 56.6 Å². The van der Waals surface area contributed by atoms with Gasteiger partial charge in [-0.05, 0) is 37.6 Å². The normalized spacial score (nSPS) is 20.7. The zero-order chi connectivity index (χ0) is 19.8. The number of carbonyl (C=O) groups excluding carboxylic acids is 1. The average Bonchev–Trinajstić information content (AvgIpc) is 3.14. The maximum Gasteiger partial charge on any atom is 0.272 e. The Bertz CT molecular complexity index is 1040. The molecular weight excluding hydrogens is 368 g/mol. The quantitative estimate of drug-likeness (QED) is 0.683. The van der Waals surface area contributed by atoms with Gasteiger partial charge >= 0.3 is 0 Å². The molecule has 0 aliphatic carbocycles. The number of carbonyl (C=O) groups is 1. The first-order chi connectivity index (χ1) is 14.1. The smallest absolute Gasteiger partial charge is 0.272 e. The van der Waals surface area contributed by atoms with Crippen molar-refractivity contribution < 1.29 is 14.3 Å². The molecule has 5 heterocycles. The lowest BCUT2D eigenvalue weighted by Gasteiger charge is -2.52. The van der Waals surface area contributed by atoms with E-state index in [2.05, 4.69) is 9.97 Å². The first-order valence-electron chi connectivity index (χ1n) is 10.0. The van der Waals surface area contributed by atoms with E-state index in [9.17, 15) is 4.79 Å². The van der Waals surface area contributed by atoms with Crippen LogP contribution in [0.2, 0.25) is 0 Å². The maximum atomic E-state index is 12.9. The molecule has 0 N–H and O–H groups in total. The Hall–Kier alpha value is -2.77. The lowest BCUT2D eigenvalue weighted by molar-refractivity contribution is -0.188. The highest BCUT2D eigenvalue weighted by atomic mass is 16.5. The van der Waals surface area contributed by atoms with Crippen LogP contribution in [0.15, 0.2) is 48.8 Å². The molecule has 1 atom stereocenters. The van der Waals surface area contributed by atoms with Gasteiger partial charge < -0.3 is 14.4 Å². The topological polar surface area (TPSA) is 69.0 Å². The third kappa shape index (κ3) is 3.52. The van der Waals surface area contributed by atoms with E-state index in [1.54, 1.807) is 6.20 Å². The van der Waals surface area contributed by atoms with Gasteiger partial charge in [-0.1, -0.05) is 12.1 Å². The van der Waals surface area contributed by atoms with Crippen LogP contribution in [0.4, 0.5) is 0 Å². The van der Waals surface area contributed by atoms with Crippen LogP contribution in [0, 0.1) is 6.92 Å². The van der Waals surface area contributed by atoms with E-state index in [-0.39, 0.29) is 17.6 Å². The summed E-state index contributed by atoms with van der Waals surface area (Å²) in [4.78, 5) is 23.6. The van der Waals surface area contributed by atoms with Crippen molar-refractivity contribution in [3.63, 3.8) is 0 Å². The molecule has 7 heteroatoms. The Balaban J connectivity index is 1.20. The van der Waals surface area contributed by atoms with E-state index in [4.69, 9.17) is 9.47 Å². The fraction of sp³-hybridized carbons (Fsp3) is 0.409. The van der Waals surface area contributed by atoms with Gasteiger partial charge in [0.15, 0.2) is 0 Å². The van der Waals surface area contributed by atoms with Crippen LogP contribution in [0.3, 0.4) is 0 Å². The number of pyridine rings is 2. The maximum absolute atomic E-state index is 12.9. The van der Waals surface area contributed by atoms with E-state index < -0.39 is 0 Å². The number of ether oxygens (including phenoxy) is 2. The minimum absolute atomic E-state index is 0.00933. The summed E-state index contributed by atoms with van der Waals surface area (Å²) in [6.45, 7) is 4.33. The number of nitrogens with zero attached hydrogens (tertiary/aromatic N) is 4. The number of hydrogen-bond acceptors (Lipinski definition) is 5. The van der Waals surface area contributed by atoms with Gasteiger partial charge in [-0.25, -0.2) is 4.98 Å². The van der Waals surface area contributed by atoms with Gasteiger partial charge in [0.2, 0.25) is 0 Å². The summed E-state index contributed by atoms with van der Waals surface area (Å²) < 4.78 is 14.0. The number of imidazole rings is 1. The Morgan fingerprint density at radius 1 is 1.28 bits per heavy atom. The number of aryl methyl sites for hydroxylation is 1. The van der Waals surface area contributed by atoms with Gasteiger partial charge in [-0.3, -0.25) is 14.2 Å². The fourth-order valence-corrected chi connectivity index (χ4v) is 4.27. The molecule has 1 amide bonds. The van der Waals surface area contributed by atoms with Gasteiger partial charge in [0.25, 0.3) is 5.91 Å². The van der Waals surface area contributed by atoms with Crippen molar-refractivity contribution in [3.05, 3.63) is 65.9 Å². The number of amides is 1. The molecule has 0 bridgehead atoms. The zero-order valence-corrected chi connectivity index (χ0v) is 16.5. The molecule has 2 saturated heterocycles. The second-order valence-electron chi connectivity index (χ2n) is 7.96. The van der Waals surface area contributed by atoms with Crippen LogP contribution in [0.25, 0.3) is 5.65 Å². The largest absolute Gasteiger partial charge is 0.372 e. The van der Waals surface area contributed by atoms with E-state index in [0.717, 1.165) is 29.9 Å². The second kappa shape index (κ2) is 7.24. The number of rotatable bonds is 4. The van der Waals surface area contributed by atoms with Crippen LogP contribution < -0.4 is 0 Å². The molecular formula is C22H24N4O3. The van der Waals surface area contributed by atoms with Gasteiger partial charge in [0.1, 0.15) is 16.9 Å². The second-order valence-corrected chi connectivity index (χ2v) is 7.96. The van der Waals surface area contributed by atoms with Crippen LogP contribution in [0.1, 0.15) is 34.7 Å². The van der Waals surface area contributed by atoms with Crippen LogP contribution in [-0.2, 0) is 16.1 Å². The number of aromatic nitrogens is 3. The zero-order valence-electron chi connectivity index (χ0n) is 16.5. The first-order valence-corrected chi connectivity index (χ1v) is 10.0. The Labute approximate surface area is 169 Å². The van der Waals surface area contributed by atoms with E-state index in [0.29, 0.717) is 32.0 Å². The minimum atomic E-state index is -0.293. The molecule has 2 fully saturated rings. The molecule has 29 heavy (non-hydrogen) atoms. The number of fused-ring (bicyclic) bond motifs is 1. The predicted octanol–water partition coefficient (Wildman–Crippen LogP) is 2.63. The summed E-state index contributed by atoms with van der Waals surface area (Å²) in [5.41, 5.74) is 3.01. The van der Waals surface area contributed by atoms with Crippen molar-refractivity contribution in [3.8, 4) is 0 Å². The summed E-state index contributed by atoms with van der Waals surface area (Å²) in [6, 6.07) is 11.7. The minimum Gasteiger partial charge on any atom is -0.372 e. The van der Waals surface area contributed by atoms with E-state index in [1.165, 1.54) is 0 Å². The molecule has 3 aromatic heterocycles. The third-order valence-electron chi connectivity index (χ3n) is 5.74. The van der Waals surface area contributed by atoms with Crippen LogP contribution >= 0.6 is 0 Å². The molecule has 0 unspecified atom stereocenters. The third-order valence-corrected chi connectivity index (χ3v) is 5.74. The van der Waals surface area contributed by atoms with Crippen molar-refractivity contribution in [1.82, 2.24) is 19.3 Å². The van der Waals surface area contributed by atoms with Crippen molar-refractivity contribution in [2.75, 3.05) is 19.7 Å². The molecule has 3 aromatic rings.